The van der Waals surface area contributed by atoms with Gasteiger partial charge in [0.2, 0.25) is 0 Å². The maximum atomic E-state index is 11.0. The van der Waals surface area contributed by atoms with E-state index in [2.05, 4.69) is 31.1 Å². The first-order valence-electron chi connectivity index (χ1n) is 4.93. The van der Waals surface area contributed by atoms with Crippen LogP contribution in [-0.2, 0) is 9.53 Å². The zero-order chi connectivity index (χ0) is 10.6. The summed E-state index contributed by atoms with van der Waals surface area (Å²) in [6.07, 6.45) is 1.12. The summed E-state index contributed by atoms with van der Waals surface area (Å²) in [5.74, 6) is -0.353. The molecule has 0 spiro atoms. The predicted octanol–water partition coefficient (Wildman–Crippen LogP) is 0.0540. The van der Waals surface area contributed by atoms with Crippen molar-refractivity contribution >= 4 is 5.97 Å². The summed E-state index contributed by atoms with van der Waals surface area (Å²) in [6, 6.07) is 0.601. The van der Waals surface area contributed by atoms with Gasteiger partial charge in [-0.3, -0.25) is 0 Å². The summed E-state index contributed by atoms with van der Waals surface area (Å²) in [4.78, 5) is 11.0. The highest BCUT2D eigenvalue weighted by Gasteiger charge is 2.29. The van der Waals surface area contributed by atoms with Crippen molar-refractivity contribution in [2.24, 2.45) is 0 Å². The van der Waals surface area contributed by atoms with Crippen LogP contribution < -0.4 is 10.6 Å². The summed E-state index contributed by atoms with van der Waals surface area (Å²) in [5.41, 5.74) is 0. The van der Waals surface area contributed by atoms with Crippen LogP contribution in [0, 0.1) is 0 Å². The molecule has 1 fully saturated rings. The summed E-state index contributed by atoms with van der Waals surface area (Å²) < 4.78 is 5.19. The molecule has 0 radical (unpaired) electrons. The molecule has 0 aromatic rings. The number of ether oxygens (including phenoxy) is 1. The average molecular weight is 198 g/mol. The number of hydrogen-bond donors (Lipinski definition) is 2. The van der Waals surface area contributed by atoms with E-state index in [-0.39, 0.29) is 18.1 Å². The van der Waals surface area contributed by atoms with Gasteiger partial charge in [0.25, 0.3) is 0 Å². The average Bonchev–Trinajstić information content (AvgIpc) is 2.52. The van der Waals surface area contributed by atoms with E-state index in [0.717, 1.165) is 6.54 Å². The quantitative estimate of drug-likeness (QED) is 0.495. The molecular formula is C10H18N2O2. The van der Waals surface area contributed by atoms with Crippen molar-refractivity contribution in [3.63, 3.8) is 0 Å². The molecule has 4 heteroatoms. The molecule has 0 amide bonds. The van der Waals surface area contributed by atoms with Gasteiger partial charge in [-0.2, -0.15) is 0 Å². The molecule has 0 bridgehead atoms. The molecule has 1 saturated heterocycles. The lowest BCUT2D eigenvalue weighted by molar-refractivity contribution is -0.143. The fourth-order valence-electron chi connectivity index (χ4n) is 1.57. The maximum Gasteiger partial charge on any atom is 0.330 e. The molecule has 0 aliphatic carbocycles. The number of nitrogens with one attached hydrogen (secondary N) is 2. The van der Waals surface area contributed by atoms with Crippen LogP contribution in [0.3, 0.4) is 0 Å². The van der Waals surface area contributed by atoms with Crippen LogP contribution in [-0.4, -0.2) is 37.2 Å². The second-order valence-electron chi connectivity index (χ2n) is 3.77. The van der Waals surface area contributed by atoms with Crippen molar-refractivity contribution < 1.29 is 9.53 Å². The van der Waals surface area contributed by atoms with E-state index in [4.69, 9.17) is 4.74 Å². The molecule has 0 saturated carbocycles. The third-order valence-electron chi connectivity index (χ3n) is 2.14. The van der Waals surface area contributed by atoms with Gasteiger partial charge in [-0.05, 0) is 0 Å². The normalized spacial score (nSPS) is 26.5. The summed E-state index contributed by atoms with van der Waals surface area (Å²) in [7, 11) is 0. The fourth-order valence-corrected chi connectivity index (χ4v) is 1.57. The van der Waals surface area contributed by atoms with Gasteiger partial charge in [-0.25, -0.2) is 4.79 Å². The predicted molar refractivity (Wildman–Crippen MR) is 55.0 cm³/mol. The van der Waals surface area contributed by atoms with Crippen molar-refractivity contribution in [2.75, 3.05) is 13.1 Å². The van der Waals surface area contributed by atoms with Crippen molar-refractivity contribution in [1.82, 2.24) is 10.6 Å². The van der Waals surface area contributed by atoms with Crippen molar-refractivity contribution in [1.29, 1.82) is 0 Å². The largest absolute Gasteiger partial charge is 0.456 e. The van der Waals surface area contributed by atoms with Crippen molar-refractivity contribution in [3.8, 4) is 0 Å². The number of carbonyl (C=O) groups excluding carboxylic acids is 1. The van der Waals surface area contributed by atoms with E-state index in [1.807, 2.05) is 0 Å². The topological polar surface area (TPSA) is 50.4 Å². The van der Waals surface area contributed by atoms with Gasteiger partial charge in [0, 0.05) is 25.2 Å². The molecule has 2 N–H and O–H groups in total. The standard InChI is InChI=1S/C10H18N2O2/c1-4-10(13)14-9-6-11-5-8(9)12-7(2)3/h4,7-9,11-12H,1,5-6H2,2-3H3/t8?,9-/m1/s1. The molecule has 1 aliphatic rings. The fraction of sp³-hybridized carbons (Fsp3) is 0.700. The van der Waals surface area contributed by atoms with Gasteiger partial charge in [0.05, 0.1) is 6.04 Å². The Bertz CT molecular complexity index is 216. The van der Waals surface area contributed by atoms with Crippen LogP contribution in [0.4, 0.5) is 0 Å². The zero-order valence-electron chi connectivity index (χ0n) is 8.75. The minimum absolute atomic E-state index is 0.0806. The Morgan fingerprint density at radius 1 is 1.64 bits per heavy atom. The van der Waals surface area contributed by atoms with E-state index in [9.17, 15) is 4.79 Å². The molecule has 1 rings (SSSR count). The summed E-state index contributed by atoms with van der Waals surface area (Å²) >= 11 is 0. The Hall–Kier alpha value is -0.870. The highest BCUT2D eigenvalue weighted by molar-refractivity contribution is 5.81. The number of hydrogen-bond acceptors (Lipinski definition) is 4. The lowest BCUT2D eigenvalue weighted by Crippen LogP contribution is -2.44. The zero-order valence-corrected chi connectivity index (χ0v) is 8.75. The van der Waals surface area contributed by atoms with E-state index in [0.29, 0.717) is 12.6 Å². The Labute approximate surface area is 84.7 Å². The number of carbonyl (C=O) groups is 1. The minimum Gasteiger partial charge on any atom is -0.456 e. The van der Waals surface area contributed by atoms with Gasteiger partial charge in [0.15, 0.2) is 0 Å². The summed E-state index contributed by atoms with van der Waals surface area (Å²) in [5, 5.41) is 6.53. The molecule has 2 atom stereocenters. The van der Waals surface area contributed by atoms with Gasteiger partial charge in [-0.15, -0.1) is 0 Å². The highest BCUT2D eigenvalue weighted by atomic mass is 16.5. The molecular weight excluding hydrogens is 180 g/mol. The lowest BCUT2D eigenvalue weighted by Gasteiger charge is -2.21. The lowest BCUT2D eigenvalue weighted by atomic mass is 10.2. The Balaban J connectivity index is 2.42. The highest BCUT2D eigenvalue weighted by Crippen LogP contribution is 2.06. The molecule has 0 aromatic carbocycles. The van der Waals surface area contributed by atoms with E-state index < -0.39 is 0 Å². The molecule has 4 nitrogen and oxygen atoms in total. The van der Waals surface area contributed by atoms with Crippen LogP contribution in [0.2, 0.25) is 0 Å². The Morgan fingerprint density at radius 3 is 2.93 bits per heavy atom. The Morgan fingerprint density at radius 2 is 2.36 bits per heavy atom. The SMILES string of the molecule is C=CC(=O)O[C@@H]1CNCC1NC(C)C. The van der Waals surface area contributed by atoms with Crippen LogP contribution in [0.1, 0.15) is 13.8 Å². The first-order chi connectivity index (χ1) is 6.63. The third kappa shape index (κ3) is 3.12. The van der Waals surface area contributed by atoms with Gasteiger partial charge < -0.3 is 15.4 Å². The first-order valence-corrected chi connectivity index (χ1v) is 4.93. The smallest absolute Gasteiger partial charge is 0.330 e. The Kier molecular flexibility index (Phi) is 4.10. The van der Waals surface area contributed by atoms with Crippen LogP contribution in [0.15, 0.2) is 12.7 Å². The monoisotopic (exact) mass is 198 g/mol. The molecule has 1 aliphatic heterocycles. The first kappa shape index (κ1) is 11.2. The molecule has 1 unspecified atom stereocenters. The van der Waals surface area contributed by atoms with Gasteiger partial charge in [-0.1, -0.05) is 20.4 Å². The second kappa shape index (κ2) is 5.12. The van der Waals surface area contributed by atoms with E-state index in [1.54, 1.807) is 0 Å². The molecule has 1 heterocycles. The molecule has 14 heavy (non-hydrogen) atoms. The van der Waals surface area contributed by atoms with Crippen molar-refractivity contribution in [2.45, 2.75) is 32.0 Å². The third-order valence-corrected chi connectivity index (χ3v) is 2.14. The van der Waals surface area contributed by atoms with Crippen LogP contribution in [0.25, 0.3) is 0 Å². The second-order valence-corrected chi connectivity index (χ2v) is 3.77. The van der Waals surface area contributed by atoms with Gasteiger partial charge in [0.1, 0.15) is 6.10 Å². The summed E-state index contributed by atoms with van der Waals surface area (Å²) in [6.45, 7) is 9.07. The van der Waals surface area contributed by atoms with Crippen molar-refractivity contribution in [3.05, 3.63) is 12.7 Å². The van der Waals surface area contributed by atoms with E-state index in [1.165, 1.54) is 6.08 Å². The van der Waals surface area contributed by atoms with E-state index >= 15 is 0 Å². The number of rotatable bonds is 4. The maximum absolute atomic E-state index is 11.0. The van der Waals surface area contributed by atoms with Gasteiger partial charge >= 0.3 is 5.97 Å². The molecule has 0 aromatic heterocycles. The van der Waals surface area contributed by atoms with Crippen LogP contribution >= 0.6 is 0 Å². The minimum atomic E-state index is -0.353. The van der Waals surface area contributed by atoms with Crippen LogP contribution in [0.5, 0.6) is 0 Å². The molecule has 80 valence electrons. The number of esters is 1.